The minimum Gasteiger partial charge on any atom is -0.492 e. The second-order valence-electron chi connectivity index (χ2n) is 4.58. The molecule has 0 radical (unpaired) electrons. The van der Waals surface area contributed by atoms with Crippen molar-refractivity contribution < 1.29 is 9.15 Å². The van der Waals surface area contributed by atoms with Crippen molar-refractivity contribution in [2.75, 3.05) is 6.61 Å². The maximum absolute atomic E-state index is 6.29. The summed E-state index contributed by atoms with van der Waals surface area (Å²) in [6.45, 7) is 6.19. The van der Waals surface area contributed by atoms with E-state index >= 15 is 0 Å². The van der Waals surface area contributed by atoms with E-state index in [0.717, 1.165) is 22.6 Å². The van der Waals surface area contributed by atoms with E-state index in [1.165, 1.54) is 0 Å². The molecule has 1 aromatic carbocycles. The quantitative estimate of drug-likeness (QED) is 0.893. The first kappa shape index (κ1) is 15.2. The average molecular weight is 314 g/mol. The van der Waals surface area contributed by atoms with Gasteiger partial charge in [0.1, 0.15) is 17.3 Å². The zero-order valence-electron chi connectivity index (χ0n) is 11.7. The van der Waals surface area contributed by atoms with Crippen LogP contribution in [0.4, 0.5) is 0 Å². The van der Waals surface area contributed by atoms with Crippen LogP contribution in [0.2, 0.25) is 10.0 Å². The molecule has 0 fully saturated rings. The Kier molecular flexibility index (Phi) is 4.63. The van der Waals surface area contributed by atoms with Gasteiger partial charge in [0.05, 0.1) is 17.7 Å². The number of furan rings is 1. The van der Waals surface area contributed by atoms with Gasteiger partial charge in [-0.1, -0.05) is 23.2 Å². The Morgan fingerprint density at radius 2 is 1.85 bits per heavy atom. The number of aryl methyl sites for hydroxylation is 2. The Hall–Kier alpha value is -1.16. The average Bonchev–Trinajstić information content (AvgIpc) is 2.72. The molecule has 0 amide bonds. The predicted molar refractivity (Wildman–Crippen MR) is 81.8 cm³/mol. The molecule has 20 heavy (non-hydrogen) atoms. The van der Waals surface area contributed by atoms with Crippen LogP contribution in [0.3, 0.4) is 0 Å². The summed E-state index contributed by atoms with van der Waals surface area (Å²) in [5.74, 6) is 2.17. The summed E-state index contributed by atoms with van der Waals surface area (Å²) in [6.07, 6.45) is 0. The molecule has 0 bridgehead atoms. The Morgan fingerprint density at radius 3 is 2.40 bits per heavy atom. The molecule has 3 nitrogen and oxygen atoms in total. The molecule has 1 heterocycles. The lowest BCUT2D eigenvalue weighted by atomic mass is 9.99. The maximum Gasteiger partial charge on any atom is 0.139 e. The zero-order valence-corrected chi connectivity index (χ0v) is 13.2. The van der Waals surface area contributed by atoms with Crippen molar-refractivity contribution in [1.29, 1.82) is 0 Å². The van der Waals surface area contributed by atoms with Crippen molar-refractivity contribution in [3.8, 4) is 5.75 Å². The van der Waals surface area contributed by atoms with Gasteiger partial charge >= 0.3 is 0 Å². The minimum absolute atomic E-state index is 0.381. The molecule has 1 unspecified atom stereocenters. The van der Waals surface area contributed by atoms with Crippen LogP contribution in [-0.4, -0.2) is 6.61 Å². The highest BCUT2D eigenvalue weighted by Gasteiger charge is 2.19. The van der Waals surface area contributed by atoms with Crippen LogP contribution in [0.5, 0.6) is 5.75 Å². The summed E-state index contributed by atoms with van der Waals surface area (Å²) in [5.41, 5.74) is 7.94. The van der Waals surface area contributed by atoms with Crippen molar-refractivity contribution in [1.82, 2.24) is 0 Å². The molecule has 5 heteroatoms. The van der Waals surface area contributed by atoms with Crippen molar-refractivity contribution >= 4 is 23.2 Å². The maximum atomic E-state index is 6.29. The summed E-state index contributed by atoms with van der Waals surface area (Å²) < 4.78 is 10.9. The highest BCUT2D eigenvalue weighted by atomic mass is 35.5. The molecule has 2 aromatic rings. The van der Waals surface area contributed by atoms with Crippen LogP contribution in [-0.2, 0) is 0 Å². The van der Waals surface area contributed by atoms with Gasteiger partial charge in [0.15, 0.2) is 0 Å². The summed E-state index contributed by atoms with van der Waals surface area (Å²) in [4.78, 5) is 0. The first-order valence-corrected chi connectivity index (χ1v) is 7.13. The van der Waals surface area contributed by atoms with Crippen molar-refractivity contribution in [3.05, 3.63) is 50.9 Å². The van der Waals surface area contributed by atoms with E-state index in [2.05, 4.69) is 0 Å². The zero-order chi connectivity index (χ0) is 14.9. The Balaban J connectivity index is 2.42. The molecule has 0 aliphatic rings. The van der Waals surface area contributed by atoms with Crippen LogP contribution >= 0.6 is 23.2 Å². The van der Waals surface area contributed by atoms with E-state index in [0.29, 0.717) is 22.4 Å². The number of halogens is 2. The van der Waals surface area contributed by atoms with Crippen LogP contribution in [0, 0.1) is 13.8 Å². The van der Waals surface area contributed by atoms with Crippen molar-refractivity contribution in [2.45, 2.75) is 26.8 Å². The highest BCUT2D eigenvalue weighted by Crippen LogP contribution is 2.36. The molecular formula is C15H17Cl2NO2. The molecule has 1 aromatic heterocycles. The van der Waals surface area contributed by atoms with Gasteiger partial charge in [-0.15, -0.1) is 0 Å². The van der Waals surface area contributed by atoms with Crippen LogP contribution in [0.15, 0.2) is 22.6 Å². The molecule has 1 atom stereocenters. The van der Waals surface area contributed by atoms with E-state index in [1.54, 1.807) is 12.1 Å². The van der Waals surface area contributed by atoms with Gasteiger partial charge in [-0.05, 0) is 38.5 Å². The fourth-order valence-corrected chi connectivity index (χ4v) is 2.67. The first-order valence-electron chi connectivity index (χ1n) is 6.38. The van der Waals surface area contributed by atoms with Crippen molar-refractivity contribution in [2.24, 2.45) is 5.73 Å². The third kappa shape index (κ3) is 2.95. The van der Waals surface area contributed by atoms with Gasteiger partial charge in [0.2, 0.25) is 0 Å². The second kappa shape index (κ2) is 6.08. The third-order valence-corrected chi connectivity index (χ3v) is 3.72. The summed E-state index contributed by atoms with van der Waals surface area (Å²) in [5, 5.41) is 1.03. The fourth-order valence-electron chi connectivity index (χ4n) is 2.18. The largest absolute Gasteiger partial charge is 0.492 e. The lowest BCUT2D eigenvalue weighted by molar-refractivity contribution is 0.340. The fraction of sp³-hybridized carbons (Fsp3) is 0.333. The predicted octanol–water partition coefficient (Wildman–Crippen LogP) is 4.65. The molecule has 2 N–H and O–H groups in total. The van der Waals surface area contributed by atoms with E-state index in [1.807, 2.05) is 26.8 Å². The first-order chi connectivity index (χ1) is 9.43. The van der Waals surface area contributed by atoms with Crippen LogP contribution < -0.4 is 10.5 Å². The van der Waals surface area contributed by atoms with Gasteiger partial charge in [-0.3, -0.25) is 0 Å². The second-order valence-corrected chi connectivity index (χ2v) is 5.40. The number of hydrogen-bond acceptors (Lipinski definition) is 3. The molecule has 0 aliphatic carbocycles. The van der Waals surface area contributed by atoms with E-state index < -0.39 is 0 Å². The van der Waals surface area contributed by atoms with Gasteiger partial charge in [-0.2, -0.15) is 0 Å². The monoisotopic (exact) mass is 313 g/mol. The number of hydrogen-bond donors (Lipinski definition) is 1. The molecular weight excluding hydrogens is 297 g/mol. The SMILES string of the molecule is CCOc1cc(Cl)c(C(N)c2cc(C)oc2C)cc1Cl. The Bertz CT molecular complexity index is 623. The summed E-state index contributed by atoms with van der Waals surface area (Å²) in [7, 11) is 0. The molecule has 0 saturated heterocycles. The van der Waals surface area contributed by atoms with Gasteiger partial charge in [-0.25, -0.2) is 0 Å². The smallest absolute Gasteiger partial charge is 0.139 e. The van der Waals surface area contributed by atoms with Crippen LogP contribution in [0.1, 0.15) is 35.6 Å². The standard InChI is InChI=1S/C15H17Cl2NO2/c1-4-19-14-7-12(16)11(6-13(14)17)15(18)10-5-8(2)20-9(10)3/h5-7,15H,4,18H2,1-3H3. The highest BCUT2D eigenvalue weighted by molar-refractivity contribution is 6.34. The molecule has 2 rings (SSSR count). The van der Waals surface area contributed by atoms with Crippen molar-refractivity contribution in [3.63, 3.8) is 0 Å². The molecule has 108 valence electrons. The Labute approximate surface area is 128 Å². The number of ether oxygens (including phenoxy) is 1. The number of rotatable bonds is 4. The molecule has 0 saturated carbocycles. The normalized spacial score (nSPS) is 12.5. The van der Waals surface area contributed by atoms with Gasteiger partial charge in [0.25, 0.3) is 0 Å². The van der Waals surface area contributed by atoms with Crippen LogP contribution in [0.25, 0.3) is 0 Å². The van der Waals surface area contributed by atoms with E-state index in [-0.39, 0.29) is 6.04 Å². The van der Waals surface area contributed by atoms with Gasteiger partial charge in [0, 0.05) is 16.7 Å². The Morgan fingerprint density at radius 1 is 1.15 bits per heavy atom. The van der Waals surface area contributed by atoms with E-state index in [9.17, 15) is 0 Å². The minimum atomic E-state index is -0.381. The number of nitrogens with two attached hydrogens (primary N) is 1. The van der Waals surface area contributed by atoms with E-state index in [4.69, 9.17) is 38.1 Å². The summed E-state index contributed by atoms with van der Waals surface area (Å²) >= 11 is 12.5. The third-order valence-electron chi connectivity index (χ3n) is 3.10. The summed E-state index contributed by atoms with van der Waals surface area (Å²) in [6, 6.07) is 4.99. The topological polar surface area (TPSA) is 48.4 Å². The molecule has 0 aliphatic heterocycles. The number of benzene rings is 1. The van der Waals surface area contributed by atoms with Gasteiger partial charge < -0.3 is 14.9 Å². The molecule has 0 spiro atoms. The lowest BCUT2D eigenvalue weighted by Crippen LogP contribution is -2.13. The lowest BCUT2D eigenvalue weighted by Gasteiger charge is -2.15.